The third kappa shape index (κ3) is 9.87. The Bertz CT molecular complexity index is 2450. The fourth-order valence-electron chi connectivity index (χ4n) is 7.04. The molecular weight excluding hydrogens is 795 g/mol. The van der Waals surface area contributed by atoms with E-state index >= 15 is 0 Å². The van der Waals surface area contributed by atoms with Gasteiger partial charge < -0.3 is 24.5 Å². The van der Waals surface area contributed by atoms with E-state index in [1.165, 1.54) is 12.1 Å². The van der Waals surface area contributed by atoms with Gasteiger partial charge in [-0.2, -0.15) is 4.72 Å². The molecule has 58 heavy (non-hydrogen) atoms. The maximum absolute atomic E-state index is 13.7. The molecule has 0 radical (unpaired) electrons. The second kappa shape index (κ2) is 18.4. The first kappa shape index (κ1) is 41.3. The van der Waals surface area contributed by atoms with Gasteiger partial charge in [0.2, 0.25) is 15.9 Å². The molecule has 1 aliphatic rings. The summed E-state index contributed by atoms with van der Waals surface area (Å²) in [6, 6.07) is 38.2. The van der Waals surface area contributed by atoms with Crippen LogP contribution >= 0.6 is 23.2 Å². The molecule has 2 heterocycles. The smallest absolute Gasteiger partial charge is 0.241 e. The molecule has 6 aromatic rings. The molecule has 10 nitrogen and oxygen atoms in total. The molecule has 1 aromatic heterocycles. The van der Waals surface area contributed by atoms with Crippen molar-refractivity contribution in [2.24, 2.45) is 5.92 Å². The number of halogens is 2. The number of imidazole rings is 1. The van der Waals surface area contributed by atoms with Gasteiger partial charge in [0.15, 0.2) is 11.4 Å². The van der Waals surface area contributed by atoms with Crippen molar-refractivity contribution in [1.29, 1.82) is 0 Å². The molecule has 0 saturated carbocycles. The highest BCUT2D eigenvalue weighted by Gasteiger charge is 2.39. The Kier molecular flexibility index (Phi) is 13.1. The summed E-state index contributed by atoms with van der Waals surface area (Å²) in [7, 11) is -3.98. The second-order valence-corrected chi connectivity index (χ2v) is 17.0. The van der Waals surface area contributed by atoms with Crippen LogP contribution in [0.25, 0.3) is 11.1 Å². The molecule has 0 aliphatic carbocycles. The largest absolute Gasteiger partial charge is 0.392 e. The molecule has 5 aromatic carbocycles. The minimum absolute atomic E-state index is 0.0547. The number of sulfonamides is 1. The average molecular weight is 840 g/mol. The predicted octanol–water partition coefficient (Wildman–Crippen LogP) is 8.36. The van der Waals surface area contributed by atoms with E-state index in [9.17, 15) is 18.3 Å². The van der Waals surface area contributed by atoms with Crippen molar-refractivity contribution in [1.82, 2.24) is 19.6 Å². The lowest BCUT2D eigenvalue weighted by molar-refractivity contribution is -0.276. The quantitative estimate of drug-likeness (QED) is 0.101. The fourth-order valence-corrected chi connectivity index (χ4v) is 8.55. The van der Waals surface area contributed by atoms with Crippen LogP contribution in [0.15, 0.2) is 139 Å². The van der Waals surface area contributed by atoms with Crippen LogP contribution in [-0.4, -0.2) is 41.1 Å². The number of nitrogens with zero attached hydrogens (tertiary/aromatic N) is 2. The van der Waals surface area contributed by atoms with Crippen molar-refractivity contribution in [2.45, 2.75) is 69.4 Å². The summed E-state index contributed by atoms with van der Waals surface area (Å²) in [5, 5.41) is 13.1. The molecule has 0 spiro atoms. The number of aliphatic hydroxyl groups is 1. The van der Waals surface area contributed by atoms with Crippen molar-refractivity contribution in [3.05, 3.63) is 177 Å². The predicted molar refractivity (Wildman–Crippen MR) is 224 cm³/mol. The summed E-state index contributed by atoms with van der Waals surface area (Å²) in [4.78, 5) is 17.9. The standard InChI is InChI=1S/C45H44Cl2N4O6S/c1-29-14-20-38(21-15-29)58(54,55)50-39(23-31-8-4-3-5-9-31)44(53)48-25-33-10-6-11-35(22-33)36-12-7-13-37(24-36)45-56-40(26-51-28-49-42(46)43(51)47)30(2)41(57-45)34-18-16-32(27-52)17-19-34/h3-22,24,28,30,39-41,45,50,52H,23,25-27H2,1-2H3,(H,48,53). The van der Waals surface area contributed by atoms with E-state index in [-0.39, 0.29) is 47.7 Å². The summed E-state index contributed by atoms with van der Waals surface area (Å²) in [6.07, 6.45) is 0.380. The SMILES string of the molecule is Cc1ccc(S(=O)(=O)NC(Cc2ccccc2)C(=O)NCc2cccc(-c3cccc(C4OC(Cn5cnc(Cl)c5Cl)C(C)C(c5ccc(CO)cc5)O4)c3)c2)cc1. The number of carbonyl (C=O) groups is 1. The Morgan fingerprint density at radius 3 is 2.21 bits per heavy atom. The van der Waals surface area contributed by atoms with E-state index in [0.717, 1.165) is 44.5 Å². The highest BCUT2D eigenvalue weighted by atomic mass is 35.5. The first-order valence-corrected chi connectivity index (χ1v) is 21.2. The van der Waals surface area contributed by atoms with Crippen LogP contribution < -0.4 is 10.0 Å². The van der Waals surface area contributed by atoms with Crippen LogP contribution in [0.2, 0.25) is 10.3 Å². The third-order valence-corrected chi connectivity index (χ3v) is 12.6. The van der Waals surface area contributed by atoms with E-state index < -0.39 is 28.3 Å². The number of ether oxygens (including phenoxy) is 2. The van der Waals surface area contributed by atoms with Gasteiger partial charge in [-0.25, -0.2) is 13.4 Å². The fraction of sp³-hybridized carbons (Fsp3) is 0.244. The Hall–Kier alpha value is -4.85. The molecule has 13 heteroatoms. The lowest BCUT2D eigenvalue weighted by Crippen LogP contribution is -2.47. The first-order chi connectivity index (χ1) is 28.0. The maximum Gasteiger partial charge on any atom is 0.241 e. The number of aliphatic hydroxyl groups excluding tert-OH is 1. The summed E-state index contributed by atoms with van der Waals surface area (Å²) in [5.41, 5.74) is 6.98. The lowest BCUT2D eigenvalue weighted by atomic mass is 9.90. The van der Waals surface area contributed by atoms with Gasteiger partial charge in [-0.15, -0.1) is 0 Å². The molecule has 1 aliphatic heterocycles. The monoisotopic (exact) mass is 838 g/mol. The summed E-state index contributed by atoms with van der Waals surface area (Å²) < 4.78 is 44.5. The van der Waals surface area contributed by atoms with Gasteiger partial charge in [-0.3, -0.25) is 4.79 Å². The molecule has 1 fully saturated rings. The highest BCUT2D eigenvalue weighted by molar-refractivity contribution is 7.89. The highest BCUT2D eigenvalue weighted by Crippen LogP contribution is 2.43. The number of aromatic nitrogens is 2. The molecule has 5 unspecified atom stereocenters. The van der Waals surface area contributed by atoms with Crippen LogP contribution in [0, 0.1) is 12.8 Å². The summed E-state index contributed by atoms with van der Waals surface area (Å²) in [6.45, 7) is 4.47. The van der Waals surface area contributed by atoms with E-state index in [0.29, 0.717) is 11.7 Å². The zero-order valence-corrected chi connectivity index (χ0v) is 34.3. The number of carbonyl (C=O) groups excluding carboxylic acids is 1. The van der Waals surface area contributed by atoms with Gasteiger partial charge in [0.25, 0.3) is 0 Å². The number of amides is 1. The zero-order valence-electron chi connectivity index (χ0n) is 32.0. The molecule has 5 atom stereocenters. The lowest BCUT2D eigenvalue weighted by Gasteiger charge is -2.41. The van der Waals surface area contributed by atoms with Gasteiger partial charge >= 0.3 is 0 Å². The van der Waals surface area contributed by atoms with Crippen molar-refractivity contribution in [3.8, 4) is 11.1 Å². The Labute approximate surface area is 348 Å². The van der Waals surface area contributed by atoms with Crippen LogP contribution in [0.5, 0.6) is 0 Å². The van der Waals surface area contributed by atoms with E-state index in [2.05, 4.69) is 21.9 Å². The molecule has 3 N–H and O–H groups in total. The molecule has 300 valence electrons. The maximum atomic E-state index is 13.7. The van der Waals surface area contributed by atoms with Crippen LogP contribution in [-0.2, 0) is 50.4 Å². The minimum Gasteiger partial charge on any atom is -0.392 e. The zero-order chi connectivity index (χ0) is 40.8. The normalized spacial score (nSPS) is 18.8. The number of hydrogen-bond donors (Lipinski definition) is 3. The average Bonchev–Trinajstić information content (AvgIpc) is 3.56. The molecule has 7 rings (SSSR count). The number of benzene rings is 5. The van der Waals surface area contributed by atoms with Crippen molar-refractivity contribution < 1.29 is 27.8 Å². The van der Waals surface area contributed by atoms with Gasteiger partial charge in [0.1, 0.15) is 11.2 Å². The van der Waals surface area contributed by atoms with Crippen LogP contribution in [0.4, 0.5) is 0 Å². The first-order valence-electron chi connectivity index (χ1n) is 18.9. The number of aryl methyl sites for hydroxylation is 1. The molecule has 0 bridgehead atoms. The topological polar surface area (TPSA) is 132 Å². The number of rotatable bonds is 14. The van der Waals surface area contributed by atoms with Crippen molar-refractivity contribution in [2.75, 3.05) is 0 Å². The van der Waals surface area contributed by atoms with Crippen molar-refractivity contribution in [3.63, 3.8) is 0 Å². The third-order valence-electron chi connectivity index (χ3n) is 10.3. The van der Waals surface area contributed by atoms with Crippen LogP contribution in [0.1, 0.15) is 52.7 Å². The molecule has 1 saturated heterocycles. The number of nitrogens with one attached hydrogen (secondary N) is 2. The van der Waals surface area contributed by atoms with Crippen LogP contribution in [0.3, 0.4) is 0 Å². The Morgan fingerprint density at radius 1 is 0.828 bits per heavy atom. The van der Waals surface area contributed by atoms with Gasteiger partial charge in [0.05, 0.1) is 36.6 Å². The summed E-state index contributed by atoms with van der Waals surface area (Å²) in [5.74, 6) is -0.532. The van der Waals surface area contributed by atoms with E-state index in [1.54, 1.807) is 23.0 Å². The Morgan fingerprint density at radius 2 is 1.52 bits per heavy atom. The number of hydrogen-bond acceptors (Lipinski definition) is 7. The van der Waals surface area contributed by atoms with Crippen molar-refractivity contribution >= 4 is 39.1 Å². The second-order valence-electron chi connectivity index (χ2n) is 14.5. The molecule has 1 amide bonds. The minimum atomic E-state index is -3.98. The van der Waals surface area contributed by atoms with E-state index in [4.69, 9.17) is 32.7 Å². The summed E-state index contributed by atoms with van der Waals surface area (Å²) >= 11 is 12.6. The van der Waals surface area contributed by atoms with Gasteiger partial charge in [0, 0.05) is 18.0 Å². The van der Waals surface area contributed by atoms with Gasteiger partial charge in [-0.1, -0.05) is 139 Å². The Balaban J connectivity index is 1.09. The van der Waals surface area contributed by atoms with E-state index in [1.807, 2.05) is 110 Å². The van der Waals surface area contributed by atoms with Gasteiger partial charge in [-0.05, 0) is 71.0 Å². The molecular formula is C45H44Cl2N4O6S.